The number of nitrogens with one attached hydrogen (secondary N) is 2. The number of aromatic nitrogens is 4. The highest BCUT2D eigenvalue weighted by Gasteiger charge is 2.18. The zero-order valence-electron chi connectivity index (χ0n) is 16.2. The van der Waals surface area contributed by atoms with Gasteiger partial charge in [-0.1, -0.05) is 0 Å². The fraction of sp³-hybridized carbons (Fsp3) is 0.105. The second-order valence-corrected chi connectivity index (χ2v) is 10.1. The smallest absolute Gasteiger partial charge is 0.350 e. The predicted molar refractivity (Wildman–Crippen MR) is 134 cm³/mol. The molecule has 5 aromatic heterocycles. The molecule has 9 nitrogen and oxygen atoms in total. The highest BCUT2D eigenvalue weighted by molar-refractivity contribution is 9.10. The third-order valence-electron chi connectivity index (χ3n) is 4.20. The first-order valence-corrected chi connectivity index (χ1v) is 12.2. The van der Waals surface area contributed by atoms with Gasteiger partial charge >= 0.3 is 11.7 Å². The maximum absolute atomic E-state index is 11.6. The van der Waals surface area contributed by atoms with Crippen molar-refractivity contribution in [2.24, 2.45) is 0 Å². The van der Waals surface area contributed by atoms with Crippen LogP contribution in [0.2, 0.25) is 0 Å². The fourth-order valence-electron chi connectivity index (χ4n) is 2.87. The van der Waals surface area contributed by atoms with Crippen LogP contribution in [-0.4, -0.2) is 32.5 Å². The molecule has 13 heteroatoms. The molecule has 0 aliphatic carbocycles. The second-order valence-electron chi connectivity index (χ2n) is 6.29. The van der Waals surface area contributed by atoms with Crippen LogP contribution in [0.15, 0.2) is 43.1 Å². The first-order valence-electron chi connectivity index (χ1n) is 8.99. The number of hydrogen-bond donors (Lipinski definition) is 3. The number of nitrogen functional groups attached to an aromatic ring is 1. The van der Waals surface area contributed by atoms with E-state index in [9.17, 15) is 14.4 Å². The molecule has 0 bridgehead atoms. The van der Waals surface area contributed by atoms with Crippen LogP contribution < -0.4 is 17.0 Å². The predicted octanol–water partition coefficient (Wildman–Crippen LogP) is 4.41. The van der Waals surface area contributed by atoms with E-state index >= 15 is 0 Å². The number of aromatic amines is 2. The van der Waals surface area contributed by atoms with Crippen molar-refractivity contribution in [3.8, 4) is 0 Å². The maximum Gasteiger partial charge on any atom is 0.350 e. The molecule has 0 unspecified atom stereocenters. The summed E-state index contributed by atoms with van der Waals surface area (Å²) in [5, 5.41) is 1.56. The number of halogens is 2. The summed E-state index contributed by atoms with van der Waals surface area (Å²) in [5.74, 6) is -0.390. The molecule has 0 fully saturated rings. The van der Waals surface area contributed by atoms with Crippen LogP contribution in [0.5, 0.6) is 0 Å². The number of nitrogens with zero attached hydrogens (tertiary/aromatic N) is 2. The Morgan fingerprint density at radius 1 is 1.06 bits per heavy atom. The molecule has 0 radical (unpaired) electrons. The zero-order valence-corrected chi connectivity index (χ0v) is 21.0. The molecular weight excluding hydrogens is 586 g/mol. The average molecular weight is 599 g/mol. The lowest BCUT2D eigenvalue weighted by Gasteiger charge is -1.98. The number of H-pyrrole nitrogens is 2. The van der Waals surface area contributed by atoms with Gasteiger partial charge in [0.15, 0.2) is 0 Å². The van der Waals surface area contributed by atoms with Gasteiger partial charge in [-0.25, -0.2) is 19.6 Å². The van der Waals surface area contributed by atoms with Crippen molar-refractivity contribution in [2.75, 3.05) is 12.3 Å². The van der Waals surface area contributed by atoms with E-state index in [1.165, 1.54) is 22.7 Å². The van der Waals surface area contributed by atoms with Crippen LogP contribution in [0.3, 0.4) is 0 Å². The molecule has 5 aromatic rings. The molecule has 32 heavy (non-hydrogen) atoms. The molecule has 4 N–H and O–H groups in total. The van der Waals surface area contributed by atoms with Crippen LogP contribution in [0.25, 0.3) is 30.6 Å². The SMILES string of the molecule is CCOC(=O)c1sc2ncc(Br)cc2c1N.O=c1[nH]c(=O)c2sc3ncc(Br)cc3c2[nH]1. The molecule has 0 spiro atoms. The third kappa shape index (κ3) is 4.33. The van der Waals surface area contributed by atoms with Crippen LogP contribution in [0, 0.1) is 0 Å². The van der Waals surface area contributed by atoms with E-state index in [1.54, 1.807) is 19.3 Å². The third-order valence-corrected chi connectivity index (χ3v) is 7.29. The summed E-state index contributed by atoms with van der Waals surface area (Å²) in [6, 6.07) is 3.67. The summed E-state index contributed by atoms with van der Waals surface area (Å²) in [5.41, 5.74) is 5.99. The van der Waals surface area contributed by atoms with Crippen molar-refractivity contribution in [1.82, 2.24) is 19.9 Å². The summed E-state index contributed by atoms with van der Waals surface area (Å²) in [6.07, 6.45) is 3.33. The van der Waals surface area contributed by atoms with Crippen LogP contribution in [0.4, 0.5) is 5.69 Å². The highest BCUT2D eigenvalue weighted by atomic mass is 79.9. The van der Waals surface area contributed by atoms with Gasteiger partial charge in [0, 0.05) is 32.1 Å². The number of fused-ring (bicyclic) bond motifs is 4. The standard InChI is InChI=1S/C10H9BrN2O2S.C9H4BrN3O2S/c1-2-15-10(14)8-7(12)6-3-5(11)4-13-9(6)16-8;10-3-1-4-5-6(16-8(4)11-2-3)7(14)13-9(15)12-5/h3-4H,2,12H2,1H3;1-2H,(H2,12,13,14,15). The number of rotatable bonds is 2. The van der Waals surface area contributed by atoms with E-state index in [1.807, 2.05) is 12.1 Å². The number of ether oxygens (including phenoxy) is 1. The van der Waals surface area contributed by atoms with E-state index in [0.29, 0.717) is 27.4 Å². The van der Waals surface area contributed by atoms with Gasteiger partial charge < -0.3 is 15.5 Å². The Morgan fingerprint density at radius 3 is 2.34 bits per heavy atom. The van der Waals surface area contributed by atoms with E-state index in [4.69, 9.17) is 10.5 Å². The van der Waals surface area contributed by atoms with E-state index in [0.717, 1.165) is 29.4 Å². The minimum atomic E-state index is -0.503. The number of nitrogens with two attached hydrogens (primary N) is 1. The van der Waals surface area contributed by atoms with Crippen molar-refractivity contribution >= 4 is 96.8 Å². The Bertz CT molecular complexity index is 1600. The molecule has 0 amide bonds. The first kappa shape index (κ1) is 22.6. The van der Waals surface area contributed by atoms with Crippen molar-refractivity contribution in [3.63, 3.8) is 0 Å². The number of carbonyl (C=O) groups excluding carboxylic acids is 1. The van der Waals surface area contributed by atoms with Gasteiger partial charge in [0.2, 0.25) is 0 Å². The highest BCUT2D eigenvalue weighted by Crippen LogP contribution is 2.34. The van der Waals surface area contributed by atoms with Crippen LogP contribution in [0.1, 0.15) is 16.6 Å². The monoisotopic (exact) mass is 597 g/mol. The lowest BCUT2D eigenvalue weighted by atomic mass is 10.3. The van der Waals surface area contributed by atoms with Crippen molar-refractivity contribution in [2.45, 2.75) is 6.92 Å². The van der Waals surface area contributed by atoms with E-state index in [-0.39, 0.29) is 11.5 Å². The lowest BCUT2D eigenvalue weighted by molar-refractivity contribution is 0.0533. The molecule has 164 valence electrons. The summed E-state index contributed by atoms with van der Waals surface area (Å²) in [7, 11) is 0. The van der Waals surface area contributed by atoms with Crippen LogP contribution >= 0.6 is 54.5 Å². The van der Waals surface area contributed by atoms with Gasteiger partial charge in [-0.05, 0) is 50.9 Å². The molecule has 0 atom stereocenters. The molecule has 0 aliphatic heterocycles. The van der Waals surface area contributed by atoms with Crippen molar-refractivity contribution in [1.29, 1.82) is 0 Å². The topological polar surface area (TPSA) is 144 Å². The number of pyridine rings is 2. The number of hydrogen-bond acceptors (Lipinski definition) is 9. The quantitative estimate of drug-likeness (QED) is 0.255. The average Bonchev–Trinajstić information content (AvgIpc) is 3.27. The summed E-state index contributed by atoms with van der Waals surface area (Å²) < 4.78 is 7.05. The zero-order chi connectivity index (χ0) is 23.0. The number of anilines is 1. The first-order chi connectivity index (χ1) is 15.3. The molecule has 5 heterocycles. The van der Waals surface area contributed by atoms with Gasteiger partial charge in [0.25, 0.3) is 5.56 Å². The minimum Gasteiger partial charge on any atom is -0.462 e. The molecule has 0 aromatic carbocycles. The number of thiophene rings is 2. The second kappa shape index (κ2) is 9.10. The summed E-state index contributed by atoms with van der Waals surface area (Å²) >= 11 is 9.13. The van der Waals surface area contributed by atoms with Gasteiger partial charge in [0.1, 0.15) is 19.2 Å². The number of carbonyl (C=O) groups is 1. The Labute approximate surface area is 203 Å². The van der Waals surface area contributed by atoms with Gasteiger partial charge in [-0.15, -0.1) is 22.7 Å². The Morgan fingerprint density at radius 2 is 1.69 bits per heavy atom. The Hall–Kier alpha value is -2.61. The molecule has 0 saturated carbocycles. The van der Waals surface area contributed by atoms with E-state index < -0.39 is 5.69 Å². The fourth-order valence-corrected chi connectivity index (χ4v) is 5.45. The summed E-state index contributed by atoms with van der Waals surface area (Å²) in [4.78, 5) is 49.4. The van der Waals surface area contributed by atoms with Crippen LogP contribution in [-0.2, 0) is 4.74 Å². The minimum absolute atomic E-state index is 0.337. The van der Waals surface area contributed by atoms with E-state index in [2.05, 4.69) is 51.8 Å². The van der Waals surface area contributed by atoms with Gasteiger partial charge in [-0.3, -0.25) is 9.78 Å². The largest absolute Gasteiger partial charge is 0.462 e. The molecule has 0 aliphatic rings. The number of esters is 1. The molecule has 5 rings (SSSR count). The Balaban J connectivity index is 0.000000153. The molecule has 0 saturated heterocycles. The van der Waals surface area contributed by atoms with Gasteiger partial charge in [-0.2, -0.15) is 0 Å². The Kier molecular flexibility index (Phi) is 6.42. The normalized spacial score (nSPS) is 11.0. The molecular formula is C19H13Br2N5O4S2. The maximum atomic E-state index is 11.6. The van der Waals surface area contributed by atoms with Crippen molar-refractivity contribution in [3.05, 3.63) is 59.2 Å². The van der Waals surface area contributed by atoms with Gasteiger partial charge in [0.05, 0.1) is 17.8 Å². The van der Waals surface area contributed by atoms with Crippen molar-refractivity contribution < 1.29 is 9.53 Å². The lowest BCUT2D eigenvalue weighted by Crippen LogP contribution is -2.20. The summed E-state index contributed by atoms with van der Waals surface area (Å²) in [6.45, 7) is 2.10.